The van der Waals surface area contributed by atoms with E-state index in [1.165, 1.54) is 0 Å². The maximum atomic E-state index is 11.4. The van der Waals surface area contributed by atoms with Crippen LogP contribution in [-0.4, -0.2) is 22.7 Å². The van der Waals surface area contributed by atoms with E-state index in [1.807, 2.05) is 6.07 Å². The van der Waals surface area contributed by atoms with Gasteiger partial charge in [0, 0.05) is 29.3 Å². The zero-order valence-electron chi connectivity index (χ0n) is 8.98. The summed E-state index contributed by atoms with van der Waals surface area (Å²) in [5.41, 5.74) is 5.52. The molecule has 2 heterocycles. The zero-order valence-corrected chi connectivity index (χ0v) is 9.80. The molecule has 0 aliphatic carbocycles. The molecular weight excluding hydrogens is 222 g/mol. The van der Waals surface area contributed by atoms with Crippen molar-refractivity contribution in [2.24, 2.45) is 0 Å². The number of nitrogens with zero attached hydrogens (tertiary/aromatic N) is 1. The van der Waals surface area contributed by atoms with E-state index in [2.05, 4.69) is 10.3 Å². The van der Waals surface area contributed by atoms with Crippen LogP contribution in [0.15, 0.2) is 23.2 Å². The molecule has 1 unspecified atom stereocenters. The van der Waals surface area contributed by atoms with Gasteiger partial charge in [0.2, 0.25) is 5.91 Å². The number of rotatable bonds is 2. The summed E-state index contributed by atoms with van der Waals surface area (Å²) in [7, 11) is 0. The minimum atomic E-state index is 0.151. The number of nitrogens with one attached hydrogen (secondary N) is 1. The summed E-state index contributed by atoms with van der Waals surface area (Å²) in [6.45, 7) is 0.801. The molecule has 1 saturated heterocycles. The maximum absolute atomic E-state index is 11.4. The summed E-state index contributed by atoms with van der Waals surface area (Å²) in [4.78, 5) is 16.5. The molecule has 0 radical (unpaired) electrons. The van der Waals surface area contributed by atoms with Crippen molar-refractivity contribution >= 4 is 23.5 Å². The van der Waals surface area contributed by atoms with Gasteiger partial charge in [-0.25, -0.2) is 4.98 Å². The van der Waals surface area contributed by atoms with Gasteiger partial charge in [-0.1, -0.05) is 0 Å². The van der Waals surface area contributed by atoms with Crippen molar-refractivity contribution in [2.75, 3.05) is 12.3 Å². The van der Waals surface area contributed by atoms with E-state index >= 15 is 0 Å². The first-order chi connectivity index (χ1) is 7.74. The summed E-state index contributed by atoms with van der Waals surface area (Å²) < 4.78 is 0. The first-order valence-electron chi connectivity index (χ1n) is 5.39. The smallest absolute Gasteiger partial charge is 0.221 e. The number of carbonyl (C=O) groups is 1. The number of anilines is 1. The lowest BCUT2D eigenvalue weighted by atomic mass is 10.2. The normalized spacial score (nSPS) is 21.2. The number of nitrogens with two attached hydrogens (primary N) is 1. The second kappa shape index (κ2) is 5.21. The molecule has 5 heteroatoms. The Balaban J connectivity index is 1.97. The SMILES string of the molecule is Nc1ccc(SC2CCCNC(=O)C2)cn1. The number of nitrogen functional groups attached to an aromatic ring is 1. The van der Waals surface area contributed by atoms with Gasteiger partial charge in [-0.15, -0.1) is 11.8 Å². The molecule has 0 saturated carbocycles. The molecule has 1 aromatic rings. The van der Waals surface area contributed by atoms with Gasteiger partial charge in [0.25, 0.3) is 0 Å². The van der Waals surface area contributed by atoms with Crippen molar-refractivity contribution in [1.29, 1.82) is 0 Å². The Labute approximate surface area is 99.0 Å². The van der Waals surface area contributed by atoms with Crippen LogP contribution in [0.1, 0.15) is 19.3 Å². The van der Waals surface area contributed by atoms with E-state index in [0.717, 1.165) is 24.3 Å². The van der Waals surface area contributed by atoms with E-state index in [0.29, 0.717) is 17.5 Å². The fourth-order valence-electron chi connectivity index (χ4n) is 1.69. The first-order valence-corrected chi connectivity index (χ1v) is 6.27. The van der Waals surface area contributed by atoms with Crippen molar-refractivity contribution in [3.8, 4) is 0 Å². The monoisotopic (exact) mass is 237 g/mol. The van der Waals surface area contributed by atoms with Crippen molar-refractivity contribution in [2.45, 2.75) is 29.4 Å². The standard InChI is InChI=1S/C11H15N3OS/c12-10-4-3-9(7-14-10)16-8-2-1-5-13-11(15)6-8/h3-4,7-8H,1-2,5-6H2,(H2,12,14)(H,13,15). The van der Waals surface area contributed by atoms with E-state index in [9.17, 15) is 4.79 Å². The Bertz CT molecular complexity index is 366. The van der Waals surface area contributed by atoms with Gasteiger partial charge >= 0.3 is 0 Å². The van der Waals surface area contributed by atoms with E-state index in [1.54, 1.807) is 24.0 Å². The lowest BCUT2D eigenvalue weighted by Gasteiger charge is -2.11. The molecule has 1 amide bonds. The number of hydrogen-bond acceptors (Lipinski definition) is 4. The van der Waals surface area contributed by atoms with Gasteiger partial charge < -0.3 is 11.1 Å². The van der Waals surface area contributed by atoms with Gasteiger partial charge in [0.1, 0.15) is 5.82 Å². The molecule has 2 rings (SSSR count). The largest absolute Gasteiger partial charge is 0.384 e. The Hall–Kier alpha value is -1.23. The highest BCUT2D eigenvalue weighted by atomic mass is 32.2. The van der Waals surface area contributed by atoms with Crippen molar-refractivity contribution in [3.63, 3.8) is 0 Å². The Kier molecular flexibility index (Phi) is 3.66. The maximum Gasteiger partial charge on any atom is 0.221 e. The van der Waals surface area contributed by atoms with Crippen molar-refractivity contribution in [3.05, 3.63) is 18.3 Å². The molecule has 1 fully saturated rings. The number of hydrogen-bond donors (Lipinski definition) is 2. The molecule has 1 atom stereocenters. The summed E-state index contributed by atoms with van der Waals surface area (Å²) in [5.74, 6) is 0.682. The van der Waals surface area contributed by atoms with Gasteiger partial charge in [-0.2, -0.15) is 0 Å². The van der Waals surface area contributed by atoms with E-state index < -0.39 is 0 Å². The highest BCUT2D eigenvalue weighted by Gasteiger charge is 2.18. The van der Waals surface area contributed by atoms with Gasteiger partial charge in [-0.05, 0) is 25.0 Å². The van der Waals surface area contributed by atoms with E-state index in [4.69, 9.17) is 5.73 Å². The minimum Gasteiger partial charge on any atom is -0.384 e. The molecule has 16 heavy (non-hydrogen) atoms. The molecule has 0 bridgehead atoms. The van der Waals surface area contributed by atoms with Crippen LogP contribution in [0.2, 0.25) is 0 Å². The number of amides is 1. The molecule has 0 aromatic carbocycles. The molecule has 1 aromatic heterocycles. The summed E-state index contributed by atoms with van der Waals surface area (Å²) in [6, 6.07) is 3.74. The van der Waals surface area contributed by atoms with Crippen molar-refractivity contribution < 1.29 is 4.79 Å². The predicted octanol–water partition coefficient (Wildman–Crippen LogP) is 1.42. The third kappa shape index (κ3) is 3.13. The van der Waals surface area contributed by atoms with Crippen molar-refractivity contribution in [1.82, 2.24) is 10.3 Å². The number of aromatic nitrogens is 1. The lowest BCUT2D eigenvalue weighted by Crippen LogP contribution is -2.22. The molecule has 1 aliphatic heterocycles. The van der Waals surface area contributed by atoms with Crippen LogP contribution in [0.5, 0.6) is 0 Å². The summed E-state index contributed by atoms with van der Waals surface area (Å²) in [6.07, 6.45) is 4.47. The fraction of sp³-hybridized carbons (Fsp3) is 0.455. The molecule has 86 valence electrons. The van der Waals surface area contributed by atoms with Gasteiger partial charge in [-0.3, -0.25) is 4.79 Å². The summed E-state index contributed by atoms with van der Waals surface area (Å²) >= 11 is 1.71. The average Bonchev–Trinajstić information content (AvgIpc) is 2.46. The topological polar surface area (TPSA) is 68.0 Å². The quantitative estimate of drug-likeness (QED) is 0.816. The van der Waals surface area contributed by atoms with Gasteiger partial charge in [0.15, 0.2) is 0 Å². The van der Waals surface area contributed by atoms with Gasteiger partial charge in [0.05, 0.1) is 0 Å². The Morgan fingerprint density at radius 1 is 1.50 bits per heavy atom. The van der Waals surface area contributed by atoms with Crippen LogP contribution < -0.4 is 11.1 Å². The molecule has 3 N–H and O–H groups in total. The van der Waals surface area contributed by atoms with Crippen LogP contribution in [0, 0.1) is 0 Å². The molecular formula is C11H15N3OS. The van der Waals surface area contributed by atoms with Crippen LogP contribution in [0.25, 0.3) is 0 Å². The number of pyridine rings is 1. The molecule has 1 aliphatic rings. The Morgan fingerprint density at radius 3 is 3.12 bits per heavy atom. The second-order valence-electron chi connectivity index (χ2n) is 3.85. The molecule has 0 spiro atoms. The number of carbonyl (C=O) groups excluding carboxylic acids is 1. The average molecular weight is 237 g/mol. The van der Waals surface area contributed by atoms with Crippen LogP contribution in [-0.2, 0) is 4.79 Å². The second-order valence-corrected chi connectivity index (χ2v) is 5.23. The Morgan fingerprint density at radius 2 is 2.38 bits per heavy atom. The minimum absolute atomic E-state index is 0.151. The predicted molar refractivity (Wildman–Crippen MR) is 65.2 cm³/mol. The highest BCUT2D eigenvalue weighted by Crippen LogP contribution is 2.29. The van der Waals surface area contributed by atoms with Crippen LogP contribution >= 0.6 is 11.8 Å². The zero-order chi connectivity index (χ0) is 11.4. The summed E-state index contributed by atoms with van der Waals surface area (Å²) in [5, 5.41) is 3.24. The number of thioether (sulfide) groups is 1. The van der Waals surface area contributed by atoms with Crippen LogP contribution in [0.3, 0.4) is 0 Å². The molecule has 4 nitrogen and oxygen atoms in total. The third-order valence-electron chi connectivity index (χ3n) is 2.50. The van der Waals surface area contributed by atoms with E-state index in [-0.39, 0.29) is 5.91 Å². The highest BCUT2D eigenvalue weighted by molar-refractivity contribution is 8.00. The third-order valence-corrected chi connectivity index (χ3v) is 3.75. The lowest BCUT2D eigenvalue weighted by molar-refractivity contribution is -0.120. The van der Waals surface area contributed by atoms with Crippen LogP contribution in [0.4, 0.5) is 5.82 Å². The fourth-order valence-corrected chi connectivity index (χ4v) is 2.86. The first kappa shape index (κ1) is 11.3.